The van der Waals surface area contributed by atoms with Gasteiger partial charge in [0.05, 0.1) is 16.6 Å². The van der Waals surface area contributed by atoms with Gasteiger partial charge in [0, 0.05) is 5.56 Å². The van der Waals surface area contributed by atoms with Crippen molar-refractivity contribution in [3.05, 3.63) is 83.7 Å². The maximum atomic E-state index is 12.7. The van der Waals surface area contributed by atoms with Crippen molar-refractivity contribution in [2.75, 3.05) is 5.32 Å². The van der Waals surface area contributed by atoms with E-state index in [2.05, 4.69) is 35.6 Å². The molecular formula is C23H16N2OS2. The minimum Gasteiger partial charge on any atom is -0.317 e. The van der Waals surface area contributed by atoms with Gasteiger partial charge in [0.2, 0.25) is 5.91 Å². The number of amides is 1. The third-order valence-corrected chi connectivity index (χ3v) is 6.52. The number of benzene rings is 3. The van der Waals surface area contributed by atoms with Crippen LogP contribution in [0.15, 0.2) is 78.2 Å². The summed E-state index contributed by atoms with van der Waals surface area (Å²) in [5.41, 5.74) is 2.98. The topological polar surface area (TPSA) is 42.0 Å². The maximum absolute atomic E-state index is 12.7. The van der Waals surface area contributed by atoms with Crippen molar-refractivity contribution >= 4 is 54.6 Å². The Labute approximate surface area is 170 Å². The van der Waals surface area contributed by atoms with Crippen molar-refractivity contribution in [2.24, 2.45) is 0 Å². The average Bonchev–Trinajstić information content (AvgIpc) is 3.34. The third-order valence-electron chi connectivity index (χ3n) is 4.62. The molecule has 0 unspecified atom stereocenters. The fourth-order valence-electron chi connectivity index (χ4n) is 3.27. The molecule has 136 valence electrons. The minimum atomic E-state index is -0.0138. The second-order valence-electron chi connectivity index (χ2n) is 6.56. The molecule has 0 fully saturated rings. The molecule has 5 rings (SSSR count). The Hall–Kier alpha value is -3.02. The lowest BCUT2D eigenvalue weighted by molar-refractivity contribution is -0.115. The molecule has 0 spiro atoms. The number of anilines is 1. The van der Waals surface area contributed by atoms with Crippen molar-refractivity contribution < 1.29 is 4.79 Å². The number of fused-ring (bicyclic) bond motifs is 2. The summed E-state index contributed by atoms with van der Waals surface area (Å²) in [4.78, 5) is 17.4. The first kappa shape index (κ1) is 17.1. The van der Waals surface area contributed by atoms with Crippen LogP contribution in [0.4, 0.5) is 5.00 Å². The molecule has 28 heavy (non-hydrogen) atoms. The highest BCUT2D eigenvalue weighted by atomic mass is 32.1. The Kier molecular flexibility index (Phi) is 4.39. The molecule has 0 aliphatic heterocycles. The van der Waals surface area contributed by atoms with Crippen LogP contribution in [0.25, 0.3) is 31.6 Å². The van der Waals surface area contributed by atoms with Gasteiger partial charge in [-0.1, -0.05) is 54.6 Å². The molecule has 2 heterocycles. The summed E-state index contributed by atoms with van der Waals surface area (Å²) in [5, 5.41) is 9.19. The Morgan fingerprint density at radius 1 is 0.929 bits per heavy atom. The number of nitrogens with one attached hydrogen (secondary N) is 1. The fourth-order valence-corrected chi connectivity index (χ4v) is 5.13. The first-order valence-electron chi connectivity index (χ1n) is 8.97. The number of para-hydroxylation sites is 1. The van der Waals surface area contributed by atoms with E-state index in [1.165, 1.54) is 16.7 Å². The largest absolute Gasteiger partial charge is 0.317 e. The van der Waals surface area contributed by atoms with Gasteiger partial charge in [-0.2, -0.15) is 0 Å². The van der Waals surface area contributed by atoms with Gasteiger partial charge in [0.15, 0.2) is 0 Å². The highest BCUT2D eigenvalue weighted by Gasteiger charge is 2.14. The molecule has 2 aromatic heterocycles. The maximum Gasteiger partial charge on any atom is 0.229 e. The van der Waals surface area contributed by atoms with Gasteiger partial charge in [-0.05, 0) is 39.9 Å². The number of thiazole rings is 1. The van der Waals surface area contributed by atoms with E-state index in [-0.39, 0.29) is 5.91 Å². The molecule has 0 atom stereocenters. The molecule has 0 saturated heterocycles. The van der Waals surface area contributed by atoms with Gasteiger partial charge >= 0.3 is 0 Å². The lowest BCUT2D eigenvalue weighted by Gasteiger charge is -2.06. The van der Waals surface area contributed by atoms with Crippen LogP contribution in [0.2, 0.25) is 0 Å². The van der Waals surface area contributed by atoms with E-state index >= 15 is 0 Å². The molecule has 3 nitrogen and oxygen atoms in total. The van der Waals surface area contributed by atoms with Gasteiger partial charge in [-0.3, -0.25) is 4.79 Å². The quantitative estimate of drug-likeness (QED) is 0.381. The Balaban J connectivity index is 1.37. The van der Waals surface area contributed by atoms with E-state index in [0.717, 1.165) is 36.7 Å². The normalized spacial score (nSPS) is 11.1. The van der Waals surface area contributed by atoms with Crippen LogP contribution in [0, 0.1) is 0 Å². The fraction of sp³-hybridized carbons (Fsp3) is 0.0435. The van der Waals surface area contributed by atoms with Crippen molar-refractivity contribution in [1.82, 2.24) is 4.98 Å². The predicted octanol–water partition coefficient (Wildman–Crippen LogP) is 6.36. The molecule has 0 saturated carbocycles. The molecule has 3 aromatic carbocycles. The van der Waals surface area contributed by atoms with Gasteiger partial charge in [0.25, 0.3) is 0 Å². The molecule has 1 N–H and O–H groups in total. The molecule has 0 radical (unpaired) electrons. The summed E-state index contributed by atoms with van der Waals surface area (Å²) >= 11 is 3.18. The van der Waals surface area contributed by atoms with Crippen molar-refractivity contribution in [1.29, 1.82) is 0 Å². The van der Waals surface area contributed by atoms with E-state index in [4.69, 9.17) is 4.98 Å². The van der Waals surface area contributed by atoms with E-state index < -0.39 is 0 Å². The van der Waals surface area contributed by atoms with Crippen LogP contribution in [0.5, 0.6) is 0 Å². The molecule has 0 aliphatic rings. The van der Waals surface area contributed by atoms with Crippen LogP contribution in [0.1, 0.15) is 5.56 Å². The molecule has 5 aromatic rings. The highest BCUT2D eigenvalue weighted by molar-refractivity contribution is 7.22. The minimum absolute atomic E-state index is 0.0138. The second kappa shape index (κ2) is 7.19. The van der Waals surface area contributed by atoms with Crippen molar-refractivity contribution in [3.8, 4) is 10.6 Å². The summed E-state index contributed by atoms with van der Waals surface area (Å²) in [6.45, 7) is 0. The summed E-state index contributed by atoms with van der Waals surface area (Å²) in [5.74, 6) is -0.0138. The van der Waals surface area contributed by atoms with Gasteiger partial charge < -0.3 is 5.32 Å². The lowest BCUT2D eigenvalue weighted by Crippen LogP contribution is -2.14. The SMILES string of the molecule is O=C(Cc1ccc2ccccc2c1)Nc1sccc1-c1nc2ccccc2s1. The third kappa shape index (κ3) is 3.30. The van der Waals surface area contributed by atoms with E-state index in [0.29, 0.717) is 6.42 Å². The molecule has 5 heteroatoms. The number of rotatable bonds is 4. The summed E-state index contributed by atoms with van der Waals surface area (Å²) < 4.78 is 1.15. The van der Waals surface area contributed by atoms with Gasteiger partial charge in [-0.15, -0.1) is 22.7 Å². The van der Waals surface area contributed by atoms with E-state index in [1.54, 1.807) is 11.3 Å². The zero-order chi connectivity index (χ0) is 18.9. The van der Waals surface area contributed by atoms with Crippen LogP contribution in [-0.2, 0) is 11.2 Å². The number of hydrogen-bond acceptors (Lipinski definition) is 4. The smallest absolute Gasteiger partial charge is 0.229 e. The first-order valence-corrected chi connectivity index (χ1v) is 10.7. The number of thiophene rings is 1. The van der Waals surface area contributed by atoms with E-state index in [9.17, 15) is 4.79 Å². The van der Waals surface area contributed by atoms with Crippen LogP contribution in [-0.4, -0.2) is 10.9 Å². The Bertz CT molecular complexity index is 1270. The van der Waals surface area contributed by atoms with Crippen molar-refractivity contribution in [3.63, 3.8) is 0 Å². The standard InChI is InChI=1S/C23H16N2OS2/c26-21(14-15-9-10-16-5-1-2-6-17(16)13-15)25-22-18(11-12-27-22)23-24-19-7-3-4-8-20(19)28-23/h1-13H,14H2,(H,25,26). The Morgan fingerprint density at radius 2 is 1.75 bits per heavy atom. The average molecular weight is 401 g/mol. The van der Waals surface area contributed by atoms with Crippen LogP contribution >= 0.6 is 22.7 Å². The molecule has 0 aliphatic carbocycles. The summed E-state index contributed by atoms with van der Waals surface area (Å²) in [6.07, 6.45) is 0.349. The zero-order valence-electron chi connectivity index (χ0n) is 14.9. The van der Waals surface area contributed by atoms with Crippen LogP contribution in [0.3, 0.4) is 0 Å². The van der Waals surface area contributed by atoms with Crippen molar-refractivity contribution in [2.45, 2.75) is 6.42 Å². The lowest BCUT2D eigenvalue weighted by atomic mass is 10.0. The predicted molar refractivity (Wildman–Crippen MR) is 119 cm³/mol. The Morgan fingerprint density at radius 3 is 2.64 bits per heavy atom. The van der Waals surface area contributed by atoms with Crippen LogP contribution < -0.4 is 5.32 Å². The van der Waals surface area contributed by atoms with E-state index in [1.807, 2.05) is 47.8 Å². The monoisotopic (exact) mass is 400 g/mol. The molecular weight excluding hydrogens is 384 g/mol. The summed E-state index contributed by atoms with van der Waals surface area (Å²) in [7, 11) is 0. The number of nitrogens with zero attached hydrogens (tertiary/aromatic N) is 1. The highest BCUT2D eigenvalue weighted by Crippen LogP contribution is 2.37. The molecule has 0 bridgehead atoms. The second-order valence-corrected chi connectivity index (χ2v) is 8.50. The van der Waals surface area contributed by atoms with Gasteiger partial charge in [-0.25, -0.2) is 4.98 Å². The zero-order valence-corrected chi connectivity index (χ0v) is 16.5. The number of carbonyl (C=O) groups is 1. The van der Waals surface area contributed by atoms with Gasteiger partial charge in [0.1, 0.15) is 10.0 Å². The number of carbonyl (C=O) groups excluding carboxylic acids is 1. The first-order chi connectivity index (χ1) is 13.8. The molecule has 1 amide bonds. The number of aromatic nitrogens is 1. The number of hydrogen-bond donors (Lipinski definition) is 1. The summed E-state index contributed by atoms with van der Waals surface area (Å²) in [6, 6.07) is 24.5.